The van der Waals surface area contributed by atoms with Gasteiger partial charge in [-0.1, -0.05) is 62.0 Å². The van der Waals surface area contributed by atoms with Gasteiger partial charge in [0.25, 0.3) is 0 Å². The molecule has 2 aromatic carbocycles. The van der Waals surface area contributed by atoms with Gasteiger partial charge in [0.15, 0.2) is 5.50 Å². The van der Waals surface area contributed by atoms with Crippen molar-refractivity contribution in [1.29, 1.82) is 0 Å². The molecule has 29 heavy (non-hydrogen) atoms. The molecule has 2 heterocycles. The summed E-state index contributed by atoms with van der Waals surface area (Å²) < 4.78 is 0. The third-order valence-corrected chi connectivity index (χ3v) is 7.14. The van der Waals surface area contributed by atoms with Crippen LogP contribution in [-0.4, -0.2) is 48.5 Å². The van der Waals surface area contributed by atoms with Gasteiger partial charge < -0.3 is 20.0 Å². The standard InChI is InChI=1S/C24H32N4S/c1-4-26(5-2)15-8-16-27-22(20-13-11-19(12-14-20)17-25-3)18-28-21-9-6-7-10-23(21)29-24(27)28/h6-7,9-14,18,24-25H,4-5,8,15-17H2,1-3H3. The first-order valence-corrected chi connectivity index (χ1v) is 11.6. The van der Waals surface area contributed by atoms with Gasteiger partial charge in [-0.15, -0.1) is 0 Å². The minimum atomic E-state index is 0.330. The number of rotatable bonds is 9. The zero-order chi connectivity index (χ0) is 20.2. The van der Waals surface area contributed by atoms with Crippen molar-refractivity contribution in [3.05, 3.63) is 65.9 Å². The molecule has 5 heteroatoms. The van der Waals surface area contributed by atoms with Crippen LogP contribution in [-0.2, 0) is 6.54 Å². The van der Waals surface area contributed by atoms with Gasteiger partial charge in [-0.2, -0.15) is 0 Å². The van der Waals surface area contributed by atoms with Crippen molar-refractivity contribution in [2.75, 3.05) is 38.1 Å². The molecule has 4 rings (SSSR count). The molecule has 1 atom stereocenters. The maximum absolute atomic E-state index is 3.23. The number of fused-ring (bicyclic) bond motifs is 3. The summed E-state index contributed by atoms with van der Waals surface area (Å²) in [5, 5.41) is 3.23. The summed E-state index contributed by atoms with van der Waals surface area (Å²) in [5.41, 5.74) is 5.63. The lowest BCUT2D eigenvalue weighted by atomic mass is 10.1. The first-order valence-electron chi connectivity index (χ1n) is 10.7. The van der Waals surface area contributed by atoms with E-state index in [-0.39, 0.29) is 0 Å². The second-order valence-corrected chi connectivity index (χ2v) is 8.73. The van der Waals surface area contributed by atoms with Crippen LogP contribution in [0.4, 0.5) is 5.69 Å². The van der Waals surface area contributed by atoms with Crippen molar-refractivity contribution in [2.24, 2.45) is 0 Å². The van der Waals surface area contributed by atoms with Gasteiger partial charge in [-0.05, 0) is 56.4 Å². The summed E-state index contributed by atoms with van der Waals surface area (Å²) in [4.78, 5) is 8.95. The number of para-hydroxylation sites is 1. The molecule has 0 radical (unpaired) electrons. The van der Waals surface area contributed by atoms with Gasteiger partial charge in [-0.25, -0.2) is 0 Å². The Labute approximate surface area is 179 Å². The highest BCUT2D eigenvalue weighted by Gasteiger charge is 2.39. The molecule has 2 aromatic rings. The Balaban J connectivity index is 1.57. The number of hydrogen-bond donors (Lipinski definition) is 1. The third kappa shape index (κ3) is 4.18. The van der Waals surface area contributed by atoms with E-state index in [2.05, 4.69) is 88.6 Å². The number of hydrogen-bond acceptors (Lipinski definition) is 5. The van der Waals surface area contributed by atoms with Crippen LogP contribution in [0, 0.1) is 0 Å². The number of thioether (sulfide) groups is 1. The largest absolute Gasteiger partial charge is 0.340 e. The van der Waals surface area contributed by atoms with Crippen molar-refractivity contribution in [1.82, 2.24) is 15.1 Å². The highest BCUT2D eigenvalue weighted by Crippen LogP contribution is 2.50. The van der Waals surface area contributed by atoms with Crippen molar-refractivity contribution in [3.8, 4) is 0 Å². The van der Waals surface area contributed by atoms with E-state index in [1.807, 2.05) is 18.8 Å². The van der Waals surface area contributed by atoms with Crippen LogP contribution in [0.2, 0.25) is 0 Å². The van der Waals surface area contributed by atoms with Crippen LogP contribution in [0.1, 0.15) is 31.4 Å². The molecule has 0 bridgehead atoms. The Kier molecular flexibility index (Phi) is 6.48. The Hall–Kier alpha value is -1.95. The molecule has 0 amide bonds. The van der Waals surface area contributed by atoms with Crippen LogP contribution >= 0.6 is 11.8 Å². The monoisotopic (exact) mass is 408 g/mol. The molecule has 1 N–H and O–H groups in total. The topological polar surface area (TPSA) is 21.8 Å². The Bertz CT molecular complexity index is 844. The summed E-state index contributed by atoms with van der Waals surface area (Å²) in [6.45, 7) is 9.89. The lowest BCUT2D eigenvalue weighted by molar-refractivity contribution is 0.278. The molecule has 1 unspecified atom stereocenters. The van der Waals surface area contributed by atoms with Crippen molar-refractivity contribution < 1.29 is 0 Å². The van der Waals surface area contributed by atoms with Crippen molar-refractivity contribution in [3.63, 3.8) is 0 Å². The molecular formula is C24H32N4S. The van der Waals surface area contributed by atoms with Crippen molar-refractivity contribution >= 4 is 23.1 Å². The van der Waals surface area contributed by atoms with E-state index in [4.69, 9.17) is 0 Å². The van der Waals surface area contributed by atoms with E-state index in [1.54, 1.807) is 0 Å². The van der Waals surface area contributed by atoms with Gasteiger partial charge in [0.1, 0.15) is 0 Å². The zero-order valence-electron chi connectivity index (χ0n) is 17.8. The zero-order valence-corrected chi connectivity index (χ0v) is 18.6. The van der Waals surface area contributed by atoms with Crippen LogP contribution in [0.15, 0.2) is 59.6 Å². The lowest BCUT2D eigenvalue weighted by Crippen LogP contribution is -2.36. The maximum Gasteiger partial charge on any atom is 0.159 e. The minimum absolute atomic E-state index is 0.330. The predicted octanol–water partition coefficient (Wildman–Crippen LogP) is 4.65. The molecule has 0 fully saturated rings. The van der Waals surface area contributed by atoms with E-state index in [0.29, 0.717) is 5.50 Å². The van der Waals surface area contributed by atoms with E-state index >= 15 is 0 Å². The highest BCUT2D eigenvalue weighted by molar-refractivity contribution is 8.00. The fraction of sp³-hybridized carbons (Fsp3) is 0.417. The quantitative estimate of drug-likeness (QED) is 0.650. The normalized spacial score (nSPS) is 17.7. The Morgan fingerprint density at radius 3 is 2.52 bits per heavy atom. The van der Waals surface area contributed by atoms with Crippen molar-refractivity contribution in [2.45, 2.75) is 37.2 Å². The van der Waals surface area contributed by atoms with Crippen LogP contribution in [0.25, 0.3) is 5.70 Å². The summed E-state index contributed by atoms with van der Waals surface area (Å²) >= 11 is 1.97. The first-order chi connectivity index (χ1) is 14.2. The van der Waals surface area contributed by atoms with Gasteiger partial charge >= 0.3 is 0 Å². The van der Waals surface area contributed by atoms with Gasteiger partial charge in [0.05, 0.1) is 11.4 Å². The SMILES string of the molecule is CCN(CC)CCCN1C(c2ccc(CNC)cc2)=CN2c3ccccc3SC12. The van der Waals surface area contributed by atoms with E-state index < -0.39 is 0 Å². The fourth-order valence-corrected chi connectivity index (χ4v) is 5.52. The molecule has 2 aliphatic rings. The van der Waals surface area contributed by atoms with E-state index in [9.17, 15) is 0 Å². The minimum Gasteiger partial charge on any atom is -0.340 e. The number of nitrogens with one attached hydrogen (secondary N) is 1. The average molecular weight is 409 g/mol. The average Bonchev–Trinajstić information content (AvgIpc) is 3.29. The molecule has 0 aromatic heterocycles. The van der Waals surface area contributed by atoms with Crippen LogP contribution < -0.4 is 10.2 Å². The molecule has 0 aliphatic carbocycles. The summed E-state index contributed by atoms with van der Waals surface area (Å²) in [6, 6.07) is 17.8. The van der Waals surface area contributed by atoms with Gasteiger partial charge in [-0.3, -0.25) is 0 Å². The first kappa shape index (κ1) is 20.3. The summed E-state index contributed by atoms with van der Waals surface area (Å²) in [7, 11) is 1.99. The molecule has 0 saturated carbocycles. The van der Waals surface area contributed by atoms with E-state index in [0.717, 1.165) is 32.7 Å². The number of nitrogens with zero attached hydrogens (tertiary/aromatic N) is 3. The fourth-order valence-electron chi connectivity index (χ4n) is 4.20. The van der Waals surface area contributed by atoms with Crippen LogP contribution in [0.3, 0.4) is 0 Å². The Morgan fingerprint density at radius 1 is 1.03 bits per heavy atom. The molecule has 154 valence electrons. The van der Waals surface area contributed by atoms with E-state index in [1.165, 1.54) is 33.8 Å². The Morgan fingerprint density at radius 2 is 1.79 bits per heavy atom. The summed E-state index contributed by atoms with van der Waals surface area (Å²) in [6.07, 6.45) is 3.53. The van der Waals surface area contributed by atoms with Crippen LogP contribution in [0.5, 0.6) is 0 Å². The molecule has 2 aliphatic heterocycles. The second kappa shape index (κ2) is 9.24. The predicted molar refractivity (Wildman–Crippen MR) is 125 cm³/mol. The molecular weight excluding hydrogens is 376 g/mol. The molecule has 0 saturated heterocycles. The number of benzene rings is 2. The smallest absolute Gasteiger partial charge is 0.159 e. The number of anilines is 1. The van der Waals surface area contributed by atoms with Gasteiger partial charge in [0.2, 0.25) is 0 Å². The summed E-state index contributed by atoms with van der Waals surface area (Å²) in [5.74, 6) is 0. The van der Waals surface area contributed by atoms with Gasteiger partial charge in [0, 0.05) is 24.2 Å². The highest BCUT2D eigenvalue weighted by atomic mass is 32.2. The second-order valence-electron chi connectivity index (χ2n) is 7.63. The molecule has 4 nitrogen and oxygen atoms in total. The lowest BCUT2D eigenvalue weighted by Gasteiger charge is -2.30. The third-order valence-electron chi connectivity index (χ3n) is 5.85. The molecule has 0 spiro atoms. The maximum atomic E-state index is 3.23.